The van der Waals surface area contributed by atoms with Gasteiger partial charge in [-0.2, -0.15) is 13.2 Å². The highest BCUT2D eigenvalue weighted by Gasteiger charge is 2.64. The van der Waals surface area contributed by atoms with Gasteiger partial charge in [-0.25, -0.2) is 9.48 Å². The number of methoxy groups -OCH3 is 1. The van der Waals surface area contributed by atoms with E-state index < -0.39 is 28.9 Å². The molecule has 0 saturated carbocycles. The number of carbonyl (C=O) groups is 1. The third kappa shape index (κ3) is 2.52. The quantitative estimate of drug-likeness (QED) is 0.833. The Labute approximate surface area is 128 Å². The molecule has 0 spiro atoms. The number of H-pyrrole nitrogens is 1. The molecule has 1 aromatic heterocycles. The van der Waals surface area contributed by atoms with Crippen molar-refractivity contribution in [3.63, 3.8) is 0 Å². The number of ether oxygens (including phenoxy) is 1. The Morgan fingerprint density at radius 3 is 2.30 bits per heavy atom. The van der Waals surface area contributed by atoms with Crippen LogP contribution in [-0.4, -0.2) is 34.1 Å². The SMILES string of the molecule is COC(=O)[C@](O)(c1c(C)[nH]n(-c2ccccc2)c1=O)C(F)(F)F. The molecule has 1 atom stereocenters. The summed E-state index contributed by atoms with van der Waals surface area (Å²) < 4.78 is 44.7. The molecule has 0 unspecified atom stereocenters. The molecule has 2 aromatic rings. The van der Waals surface area contributed by atoms with Crippen molar-refractivity contribution >= 4 is 5.97 Å². The topological polar surface area (TPSA) is 84.3 Å². The highest BCUT2D eigenvalue weighted by Crippen LogP contribution is 2.39. The summed E-state index contributed by atoms with van der Waals surface area (Å²) in [4.78, 5) is 23.9. The number of rotatable bonds is 3. The number of nitrogens with zero attached hydrogens (tertiary/aromatic N) is 1. The molecule has 1 aromatic carbocycles. The van der Waals surface area contributed by atoms with E-state index in [0.29, 0.717) is 7.11 Å². The first-order valence-electron chi connectivity index (χ1n) is 6.39. The molecule has 2 N–H and O–H groups in total. The van der Waals surface area contributed by atoms with Crippen LogP contribution in [0.25, 0.3) is 5.69 Å². The van der Waals surface area contributed by atoms with E-state index in [1.807, 2.05) is 0 Å². The summed E-state index contributed by atoms with van der Waals surface area (Å²) in [6.07, 6.45) is -5.43. The van der Waals surface area contributed by atoms with Crippen molar-refractivity contribution in [2.24, 2.45) is 0 Å². The van der Waals surface area contributed by atoms with E-state index in [1.54, 1.807) is 18.2 Å². The number of aryl methyl sites for hydroxylation is 1. The Balaban J connectivity index is 2.75. The van der Waals surface area contributed by atoms with Gasteiger partial charge in [-0.1, -0.05) is 18.2 Å². The van der Waals surface area contributed by atoms with Gasteiger partial charge in [-0.3, -0.25) is 9.89 Å². The van der Waals surface area contributed by atoms with Gasteiger partial charge in [0.2, 0.25) is 0 Å². The summed E-state index contributed by atoms with van der Waals surface area (Å²) in [5.74, 6) is -1.98. The second kappa shape index (κ2) is 5.58. The molecule has 0 fully saturated rings. The lowest BCUT2D eigenvalue weighted by Gasteiger charge is -2.26. The van der Waals surface area contributed by atoms with Gasteiger partial charge in [-0.05, 0) is 19.1 Å². The van der Waals surface area contributed by atoms with Crippen molar-refractivity contribution in [3.05, 3.63) is 51.9 Å². The van der Waals surface area contributed by atoms with Gasteiger partial charge < -0.3 is 9.84 Å². The summed E-state index contributed by atoms with van der Waals surface area (Å²) in [7, 11) is 0.691. The Kier molecular flexibility index (Phi) is 4.08. The maximum absolute atomic E-state index is 13.3. The molecule has 23 heavy (non-hydrogen) atoms. The Morgan fingerprint density at radius 2 is 1.83 bits per heavy atom. The van der Waals surface area contributed by atoms with Crippen LogP contribution in [0.15, 0.2) is 35.1 Å². The van der Waals surface area contributed by atoms with Crippen LogP contribution in [0.5, 0.6) is 0 Å². The van der Waals surface area contributed by atoms with Crippen molar-refractivity contribution in [3.8, 4) is 5.69 Å². The van der Waals surface area contributed by atoms with E-state index in [0.717, 1.165) is 11.6 Å². The predicted octanol–water partition coefficient (Wildman–Crippen LogP) is 1.40. The van der Waals surface area contributed by atoms with Gasteiger partial charge in [0.25, 0.3) is 11.2 Å². The number of para-hydroxylation sites is 1. The zero-order valence-corrected chi connectivity index (χ0v) is 12.1. The van der Waals surface area contributed by atoms with Crippen LogP contribution in [-0.2, 0) is 15.1 Å². The van der Waals surface area contributed by atoms with Crippen LogP contribution in [0.3, 0.4) is 0 Å². The van der Waals surface area contributed by atoms with Gasteiger partial charge in [0.1, 0.15) is 0 Å². The number of aliphatic hydroxyl groups is 1. The third-order valence-corrected chi connectivity index (χ3v) is 3.34. The van der Waals surface area contributed by atoms with Gasteiger partial charge in [0, 0.05) is 5.69 Å². The number of alkyl halides is 3. The van der Waals surface area contributed by atoms with Crippen LogP contribution in [0.2, 0.25) is 0 Å². The summed E-state index contributed by atoms with van der Waals surface area (Å²) >= 11 is 0. The summed E-state index contributed by atoms with van der Waals surface area (Å²) in [6, 6.07) is 7.77. The van der Waals surface area contributed by atoms with Crippen molar-refractivity contribution in [2.75, 3.05) is 7.11 Å². The molecule has 1 heterocycles. The van der Waals surface area contributed by atoms with E-state index in [9.17, 15) is 27.9 Å². The fourth-order valence-electron chi connectivity index (χ4n) is 2.24. The van der Waals surface area contributed by atoms with Crippen molar-refractivity contribution in [2.45, 2.75) is 18.7 Å². The first-order valence-corrected chi connectivity index (χ1v) is 6.39. The number of benzene rings is 1. The number of aromatic nitrogens is 2. The molecular formula is C14H13F3N2O4. The number of carbonyl (C=O) groups excluding carboxylic acids is 1. The molecule has 9 heteroatoms. The van der Waals surface area contributed by atoms with Crippen molar-refractivity contribution < 1.29 is 27.8 Å². The molecular weight excluding hydrogens is 317 g/mol. The number of hydrogen-bond acceptors (Lipinski definition) is 4. The van der Waals surface area contributed by atoms with E-state index in [4.69, 9.17) is 0 Å². The zero-order chi connectivity index (χ0) is 17.4. The second-order valence-corrected chi connectivity index (χ2v) is 4.79. The lowest BCUT2D eigenvalue weighted by atomic mass is 9.93. The van der Waals surface area contributed by atoms with Crippen LogP contribution < -0.4 is 5.56 Å². The smallest absolute Gasteiger partial charge is 0.432 e. The first-order chi connectivity index (χ1) is 10.6. The molecule has 0 aliphatic rings. The van der Waals surface area contributed by atoms with Crippen LogP contribution in [0.4, 0.5) is 13.2 Å². The summed E-state index contributed by atoms with van der Waals surface area (Å²) in [5.41, 5.74) is -6.43. The van der Waals surface area contributed by atoms with Gasteiger partial charge in [-0.15, -0.1) is 0 Å². The van der Waals surface area contributed by atoms with Gasteiger partial charge in [0.15, 0.2) is 0 Å². The fraction of sp³-hybridized carbons (Fsp3) is 0.286. The normalized spacial score (nSPS) is 14.3. The van der Waals surface area contributed by atoms with E-state index in [1.165, 1.54) is 12.1 Å². The van der Waals surface area contributed by atoms with Gasteiger partial charge in [0.05, 0.1) is 18.4 Å². The Bertz CT molecular complexity index is 780. The van der Waals surface area contributed by atoms with Crippen LogP contribution >= 0.6 is 0 Å². The standard InChI is InChI=1S/C14H13F3N2O4/c1-8-10(13(22,12(21)23-2)14(15,16)17)11(20)19(18-8)9-6-4-3-5-7-9/h3-7,18,22H,1-2H3/t13-/m1/s1. The minimum absolute atomic E-state index is 0.251. The molecule has 6 nitrogen and oxygen atoms in total. The fourth-order valence-corrected chi connectivity index (χ4v) is 2.24. The number of halogens is 3. The molecule has 124 valence electrons. The number of aromatic amines is 1. The second-order valence-electron chi connectivity index (χ2n) is 4.79. The van der Waals surface area contributed by atoms with Crippen LogP contribution in [0, 0.1) is 6.92 Å². The molecule has 0 amide bonds. The largest absolute Gasteiger partial charge is 0.466 e. The molecule has 0 aliphatic carbocycles. The number of esters is 1. The highest BCUT2D eigenvalue weighted by atomic mass is 19.4. The lowest BCUT2D eigenvalue weighted by molar-refractivity contribution is -0.267. The molecule has 0 saturated heterocycles. The monoisotopic (exact) mass is 330 g/mol. The minimum Gasteiger partial charge on any atom is -0.466 e. The third-order valence-electron chi connectivity index (χ3n) is 3.34. The zero-order valence-electron chi connectivity index (χ0n) is 12.1. The number of hydrogen-bond donors (Lipinski definition) is 2. The van der Waals surface area contributed by atoms with E-state index in [-0.39, 0.29) is 11.4 Å². The summed E-state index contributed by atoms with van der Waals surface area (Å²) in [5, 5.41) is 12.4. The average molecular weight is 330 g/mol. The van der Waals surface area contributed by atoms with E-state index >= 15 is 0 Å². The first kappa shape index (κ1) is 16.8. The minimum atomic E-state index is -5.43. The maximum Gasteiger partial charge on any atom is 0.432 e. The molecule has 0 radical (unpaired) electrons. The summed E-state index contributed by atoms with van der Waals surface area (Å²) in [6.45, 7) is 1.15. The van der Waals surface area contributed by atoms with Gasteiger partial charge >= 0.3 is 12.1 Å². The highest BCUT2D eigenvalue weighted by molar-refractivity contribution is 5.82. The predicted molar refractivity (Wildman–Crippen MR) is 73.1 cm³/mol. The Hall–Kier alpha value is -2.55. The van der Waals surface area contributed by atoms with Crippen molar-refractivity contribution in [1.29, 1.82) is 0 Å². The lowest BCUT2D eigenvalue weighted by Crippen LogP contribution is -2.52. The van der Waals surface area contributed by atoms with E-state index in [2.05, 4.69) is 9.84 Å². The van der Waals surface area contributed by atoms with Crippen LogP contribution in [0.1, 0.15) is 11.3 Å². The van der Waals surface area contributed by atoms with Crippen molar-refractivity contribution in [1.82, 2.24) is 9.78 Å². The average Bonchev–Trinajstić information content (AvgIpc) is 2.80. The maximum atomic E-state index is 13.3. The molecule has 2 rings (SSSR count). The Morgan fingerprint density at radius 1 is 1.26 bits per heavy atom. The molecule has 0 bridgehead atoms. The number of nitrogens with one attached hydrogen (secondary N) is 1. The molecule has 0 aliphatic heterocycles.